The highest BCUT2D eigenvalue weighted by Crippen LogP contribution is 2.24. The van der Waals surface area contributed by atoms with Crippen LogP contribution in [0, 0.1) is 0 Å². The molecule has 6 heteroatoms. The number of phenolic OH excluding ortho intramolecular Hbond substituents is 1. The number of hydrogen-bond donors (Lipinski definition) is 3. The van der Waals surface area contributed by atoms with E-state index in [0.29, 0.717) is 5.75 Å². The van der Waals surface area contributed by atoms with Gasteiger partial charge in [-0.25, -0.2) is 0 Å². The van der Waals surface area contributed by atoms with Crippen molar-refractivity contribution in [3.05, 3.63) is 23.8 Å². The summed E-state index contributed by atoms with van der Waals surface area (Å²) in [5.74, 6) is -0.281. The van der Waals surface area contributed by atoms with Gasteiger partial charge in [0.2, 0.25) is 0 Å². The minimum Gasteiger partial charge on any atom is -0.505 e. The highest BCUT2D eigenvalue weighted by Gasteiger charge is 2.15. The lowest BCUT2D eigenvalue weighted by Gasteiger charge is -2.13. The second-order valence-electron chi connectivity index (χ2n) is 3.86. The average Bonchev–Trinajstić information content (AvgIpc) is 2.20. The van der Waals surface area contributed by atoms with Crippen molar-refractivity contribution < 1.29 is 14.1 Å². The van der Waals surface area contributed by atoms with Gasteiger partial charge < -0.3 is 16.2 Å². The lowest BCUT2D eigenvalue weighted by Crippen LogP contribution is -2.36. The minimum absolute atomic E-state index is 0.124. The van der Waals surface area contributed by atoms with Gasteiger partial charge in [0, 0.05) is 28.9 Å². The molecule has 0 aliphatic carbocycles. The summed E-state index contributed by atoms with van der Waals surface area (Å²) in [5.41, 5.74) is 5.77. The van der Waals surface area contributed by atoms with E-state index in [0.717, 1.165) is 0 Å². The van der Waals surface area contributed by atoms with Crippen LogP contribution in [0.15, 0.2) is 18.2 Å². The maximum atomic E-state index is 11.8. The van der Waals surface area contributed by atoms with Crippen LogP contribution in [-0.2, 0) is 10.8 Å². The summed E-state index contributed by atoms with van der Waals surface area (Å²) < 4.78 is 11.0. The maximum absolute atomic E-state index is 11.8. The number of benzene rings is 1. The monoisotopic (exact) mass is 256 g/mol. The van der Waals surface area contributed by atoms with Crippen molar-refractivity contribution in [1.82, 2.24) is 5.32 Å². The van der Waals surface area contributed by atoms with Crippen molar-refractivity contribution >= 4 is 22.4 Å². The second-order valence-corrected chi connectivity index (χ2v) is 5.34. The van der Waals surface area contributed by atoms with E-state index >= 15 is 0 Å². The Morgan fingerprint density at radius 1 is 1.59 bits per heavy atom. The summed E-state index contributed by atoms with van der Waals surface area (Å²) in [4.78, 5) is 11.8. The highest BCUT2D eigenvalue weighted by molar-refractivity contribution is 7.84. The Kier molecular flexibility index (Phi) is 4.51. The molecule has 0 bridgehead atoms. The van der Waals surface area contributed by atoms with Crippen LogP contribution in [0.4, 0.5) is 5.69 Å². The molecule has 17 heavy (non-hydrogen) atoms. The first-order valence-electron chi connectivity index (χ1n) is 5.10. The van der Waals surface area contributed by atoms with Crippen LogP contribution in [-0.4, -0.2) is 33.3 Å². The molecule has 0 aliphatic heterocycles. The third-order valence-electron chi connectivity index (χ3n) is 2.17. The molecular formula is C11H16N2O3S. The predicted molar refractivity (Wildman–Crippen MR) is 68.4 cm³/mol. The molecule has 0 saturated heterocycles. The van der Waals surface area contributed by atoms with E-state index in [4.69, 9.17) is 5.73 Å². The zero-order chi connectivity index (χ0) is 13.0. The van der Waals surface area contributed by atoms with Gasteiger partial charge in [0.05, 0.1) is 11.3 Å². The molecule has 5 nitrogen and oxygen atoms in total. The van der Waals surface area contributed by atoms with Crippen molar-refractivity contribution in [3.63, 3.8) is 0 Å². The molecular weight excluding hydrogens is 240 g/mol. The molecule has 1 aromatic carbocycles. The molecule has 0 aliphatic rings. The standard InChI is InChI=1S/C11H16N2O3S/c1-7(6-17(2)16)13-11(15)8-4-3-5-9(12)10(8)14/h3-5,7,14H,6,12H2,1-2H3,(H,13,15). The van der Waals surface area contributed by atoms with Crippen molar-refractivity contribution in [2.75, 3.05) is 17.7 Å². The smallest absolute Gasteiger partial charge is 0.255 e. The molecule has 2 atom stereocenters. The molecule has 1 amide bonds. The van der Waals surface area contributed by atoms with Crippen LogP contribution < -0.4 is 11.1 Å². The van der Waals surface area contributed by atoms with E-state index < -0.39 is 16.7 Å². The Morgan fingerprint density at radius 2 is 2.24 bits per heavy atom. The van der Waals surface area contributed by atoms with Gasteiger partial charge in [-0.3, -0.25) is 9.00 Å². The number of hydrogen-bond acceptors (Lipinski definition) is 4. The number of carbonyl (C=O) groups excluding carboxylic acids is 1. The SMILES string of the molecule is CC(CS(C)=O)NC(=O)c1cccc(N)c1O. The summed E-state index contributed by atoms with van der Waals surface area (Å²) >= 11 is 0. The third-order valence-corrected chi connectivity index (χ3v) is 3.14. The van der Waals surface area contributed by atoms with Crippen LogP contribution >= 0.6 is 0 Å². The fraction of sp³-hybridized carbons (Fsp3) is 0.364. The topological polar surface area (TPSA) is 92.4 Å². The Labute approximate surface area is 102 Å². The Bertz CT molecular complexity index is 448. The number of phenols is 1. The quantitative estimate of drug-likeness (QED) is 0.539. The molecule has 1 rings (SSSR count). The number of carbonyl (C=O) groups is 1. The van der Waals surface area contributed by atoms with Crippen molar-refractivity contribution in [2.24, 2.45) is 0 Å². The molecule has 0 aromatic heterocycles. The van der Waals surface area contributed by atoms with Gasteiger partial charge in [-0.2, -0.15) is 0 Å². The summed E-state index contributed by atoms with van der Waals surface area (Å²) in [5, 5.41) is 12.3. The first-order valence-corrected chi connectivity index (χ1v) is 6.83. The largest absolute Gasteiger partial charge is 0.505 e. The lowest BCUT2D eigenvalue weighted by atomic mass is 10.1. The van der Waals surface area contributed by atoms with E-state index in [9.17, 15) is 14.1 Å². The fourth-order valence-electron chi connectivity index (χ4n) is 1.44. The number of nitrogens with one attached hydrogen (secondary N) is 1. The van der Waals surface area contributed by atoms with Crippen LogP contribution in [0.3, 0.4) is 0 Å². The van der Waals surface area contributed by atoms with E-state index in [1.54, 1.807) is 19.2 Å². The minimum atomic E-state index is -0.980. The van der Waals surface area contributed by atoms with Gasteiger partial charge in [-0.05, 0) is 19.1 Å². The number of nitrogens with two attached hydrogens (primary N) is 1. The molecule has 0 saturated carbocycles. The lowest BCUT2D eigenvalue weighted by molar-refractivity contribution is 0.0941. The number of rotatable bonds is 4. The Morgan fingerprint density at radius 3 is 2.82 bits per heavy atom. The van der Waals surface area contributed by atoms with E-state index in [-0.39, 0.29) is 23.0 Å². The van der Waals surface area contributed by atoms with Gasteiger partial charge in [-0.1, -0.05) is 6.07 Å². The summed E-state index contributed by atoms with van der Waals surface area (Å²) in [6.45, 7) is 1.75. The average molecular weight is 256 g/mol. The Hall–Kier alpha value is -1.56. The number of anilines is 1. The molecule has 94 valence electrons. The van der Waals surface area contributed by atoms with E-state index in [2.05, 4.69) is 5.32 Å². The second kappa shape index (κ2) is 5.67. The van der Waals surface area contributed by atoms with Crippen LogP contribution in [0.5, 0.6) is 5.75 Å². The number of para-hydroxylation sites is 1. The van der Waals surface area contributed by atoms with Gasteiger partial charge in [0.25, 0.3) is 5.91 Å². The van der Waals surface area contributed by atoms with Gasteiger partial charge in [0.15, 0.2) is 5.75 Å². The van der Waals surface area contributed by atoms with Crippen molar-refractivity contribution in [1.29, 1.82) is 0 Å². The predicted octanol–water partition coefficient (Wildman–Crippen LogP) is 0.471. The van der Waals surface area contributed by atoms with Crippen molar-refractivity contribution in [2.45, 2.75) is 13.0 Å². The molecule has 0 spiro atoms. The molecule has 2 unspecified atom stereocenters. The van der Waals surface area contributed by atoms with Crippen LogP contribution in [0.25, 0.3) is 0 Å². The van der Waals surface area contributed by atoms with Gasteiger partial charge >= 0.3 is 0 Å². The highest BCUT2D eigenvalue weighted by atomic mass is 32.2. The number of aromatic hydroxyl groups is 1. The maximum Gasteiger partial charge on any atom is 0.255 e. The number of nitrogen functional groups attached to an aromatic ring is 1. The van der Waals surface area contributed by atoms with E-state index in [1.807, 2.05) is 0 Å². The summed E-state index contributed by atoms with van der Waals surface area (Å²) in [6, 6.07) is 4.36. The van der Waals surface area contributed by atoms with Crippen LogP contribution in [0.1, 0.15) is 17.3 Å². The molecule has 0 heterocycles. The van der Waals surface area contributed by atoms with E-state index in [1.165, 1.54) is 12.1 Å². The molecule has 1 aromatic rings. The van der Waals surface area contributed by atoms with Crippen LogP contribution in [0.2, 0.25) is 0 Å². The normalized spacial score (nSPS) is 14.0. The zero-order valence-electron chi connectivity index (χ0n) is 9.77. The first kappa shape index (κ1) is 13.5. The summed E-state index contributed by atoms with van der Waals surface area (Å²) in [6.07, 6.45) is 1.57. The van der Waals surface area contributed by atoms with Gasteiger partial charge in [0.1, 0.15) is 0 Å². The molecule has 4 N–H and O–H groups in total. The summed E-state index contributed by atoms with van der Waals surface area (Å²) in [7, 11) is -0.980. The van der Waals surface area contributed by atoms with Gasteiger partial charge in [-0.15, -0.1) is 0 Å². The third kappa shape index (κ3) is 3.74. The molecule has 0 fully saturated rings. The first-order chi connectivity index (χ1) is 7.91. The Balaban J connectivity index is 2.77. The fourth-order valence-corrected chi connectivity index (χ4v) is 2.23. The number of amides is 1. The molecule has 0 radical (unpaired) electrons. The van der Waals surface area contributed by atoms with Crippen molar-refractivity contribution in [3.8, 4) is 5.75 Å². The zero-order valence-corrected chi connectivity index (χ0v) is 10.6.